The van der Waals surface area contributed by atoms with Crippen molar-refractivity contribution in [1.82, 2.24) is 10.2 Å². The van der Waals surface area contributed by atoms with E-state index < -0.39 is 0 Å². The standard InChI is InChI=1S/C15H30N2O/c1-2-3-5-13-10-14(16-8-4-9-18)12-17(11-13)15-6-7-15/h13-16,18H,2-12H2,1H3. The van der Waals surface area contributed by atoms with Gasteiger partial charge in [0.05, 0.1) is 0 Å². The molecule has 0 spiro atoms. The average Bonchev–Trinajstić information content (AvgIpc) is 3.21. The van der Waals surface area contributed by atoms with Gasteiger partial charge in [-0.05, 0) is 44.6 Å². The van der Waals surface area contributed by atoms with E-state index in [4.69, 9.17) is 5.11 Å². The summed E-state index contributed by atoms with van der Waals surface area (Å²) in [7, 11) is 0. The Kier molecular flexibility index (Phi) is 5.93. The van der Waals surface area contributed by atoms with E-state index >= 15 is 0 Å². The maximum Gasteiger partial charge on any atom is 0.0443 e. The molecule has 0 aromatic carbocycles. The Morgan fingerprint density at radius 2 is 2.06 bits per heavy atom. The van der Waals surface area contributed by atoms with Crippen LogP contribution in [0, 0.1) is 5.92 Å². The van der Waals surface area contributed by atoms with Gasteiger partial charge in [-0.1, -0.05) is 19.8 Å². The second-order valence-corrected chi connectivity index (χ2v) is 6.16. The van der Waals surface area contributed by atoms with Gasteiger partial charge >= 0.3 is 0 Å². The first-order valence-electron chi connectivity index (χ1n) is 7.91. The van der Waals surface area contributed by atoms with Crippen molar-refractivity contribution in [2.45, 2.75) is 64.0 Å². The molecule has 2 fully saturated rings. The zero-order valence-corrected chi connectivity index (χ0v) is 11.9. The lowest BCUT2D eigenvalue weighted by molar-refractivity contribution is 0.126. The molecule has 106 valence electrons. The minimum atomic E-state index is 0.311. The van der Waals surface area contributed by atoms with Gasteiger partial charge in [0.15, 0.2) is 0 Å². The van der Waals surface area contributed by atoms with Gasteiger partial charge in [0.1, 0.15) is 0 Å². The summed E-state index contributed by atoms with van der Waals surface area (Å²) in [4.78, 5) is 2.72. The second kappa shape index (κ2) is 7.46. The molecule has 2 unspecified atom stereocenters. The largest absolute Gasteiger partial charge is 0.396 e. The van der Waals surface area contributed by atoms with Gasteiger partial charge < -0.3 is 10.4 Å². The summed E-state index contributed by atoms with van der Waals surface area (Å²) in [5, 5.41) is 12.5. The van der Waals surface area contributed by atoms with Crippen molar-refractivity contribution < 1.29 is 5.11 Å². The molecule has 0 amide bonds. The molecular formula is C15H30N2O. The third kappa shape index (κ3) is 4.52. The van der Waals surface area contributed by atoms with Crippen LogP contribution in [0.4, 0.5) is 0 Å². The van der Waals surface area contributed by atoms with Crippen LogP contribution >= 0.6 is 0 Å². The normalized spacial score (nSPS) is 29.7. The van der Waals surface area contributed by atoms with Crippen LogP contribution in [-0.2, 0) is 0 Å². The average molecular weight is 254 g/mol. The predicted octanol–water partition coefficient (Wildman–Crippen LogP) is 2.00. The number of unbranched alkanes of at least 4 members (excludes halogenated alkanes) is 1. The zero-order valence-electron chi connectivity index (χ0n) is 11.9. The summed E-state index contributed by atoms with van der Waals surface area (Å²) in [5.74, 6) is 0.894. The van der Waals surface area contributed by atoms with Crippen molar-refractivity contribution in [3.8, 4) is 0 Å². The summed E-state index contributed by atoms with van der Waals surface area (Å²) in [6, 6.07) is 1.56. The Balaban J connectivity index is 1.77. The van der Waals surface area contributed by atoms with Crippen LogP contribution in [0.2, 0.25) is 0 Å². The maximum absolute atomic E-state index is 8.86. The van der Waals surface area contributed by atoms with Crippen molar-refractivity contribution in [3.05, 3.63) is 0 Å². The molecule has 0 radical (unpaired) electrons. The van der Waals surface area contributed by atoms with Gasteiger partial charge in [0.2, 0.25) is 0 Å². The van der Waals surface area contributed by atoms with Crippen molar-refractivity contribution in [1.29, 1.82) is 0 Å². The van der Waals surface area contributed by atoms with Gasteiger partial charge in [-0.25, -0.2) is 0 Å². The first-order chi connectivity index (χ1) is 8.83. The van der Waals surface area contributed by atoms with E-state index in [1.165, 1.54) is 51.6 Å². The van der Waals surface area contributed by atoms with Crippen molar-refractivity contribution in [3.63, 3.8) is 0 Å². The number of rotatable bonds is 8. The lowest BCUT2D eigenvalue weighted by atomic mass is 9.89. The molecule has 1 aliphatic carbocycles. The molecule has 1 heterocycles. The smallest absolute Gasteiger partial charge is 0.0443 e. The van der Waals surface area contributed by atoms with Crippen LogP contribution < -0.4 is 5.32 Å². The molecule has 1 aliphatic heterocycles. The highest BCUT2D eigenvalue weighted by molar-refractivity contribution is 4.92. The number of piperidine rings is 1. The molecule has 0 aromatic heterocycles. The summed E-state index contributed by atoms with van der Waals surface area (Å²) < 4.78 is 0. The third-order valence-electron chi connectivity index (χ3n) is 4.36. The fourth-order valence-corrected chi connectivity index (χ4v) is 3.21. The lowest BCUT2D eigenvalue weighted by Gasteiger charge is -2.38. The van der Waals surface area contributed by atoms with Crippen LogP contribution in [0.15, 0.2) is 0 Å². The van der Waals surface area contributed by atoms with E-state index in [0.717, 1.165) is 24.9 Å². The second-order valence-electron chi connectivity index (χ2n) is 6.16. The zero-order chi connectivity index (χ0) is 12.8. The van der Waals surface area contributed by atoms with Crippen LogP contribution in [0.25, 0.3) is 0 Å². The monoisotopic (exact) mass is 254 g/mol. The summed E-state index contributed by atoms with van der Waals surface area (Å²) >= 11 is 0. The van der Waals surface area contributed by atoms with Crippen LogP contribution in [0.3, 0.4) is 0 Å². The topological polar surface area (TPSA) is 35.5 Å². The molecular weight excluding hydrogens is 224 g/mol. The highest BCUT2D eigenvalue weighted by Gasteiger charge is 2.35. The van der Waals surface area contributed by atoms with Gasteiger partial charge in [-0.3, -0.25) is 4.90 Å². The van der Waals surface area contributed by atoms with E-state index in [0.29, 0.717) is 12.6 Å². The van der Waals surface area contributed by atoms with E-state index in [1.807, 2.05) is 0 Å². The van der Waals surface area contributed by atoms with Crippen molar-refractivity contribution in [2.24, 2.45) is 5.92 Å². The molecule has 1 saturated heterocycles. The predicted molar refractivity (Wildman–Crippen MR) is 75.7 cm³/mol. The van der Waals surface area contributed by atoms with Gasteiger partial charge in [-0.15, -0.1) is 0 Å². The molecule has 3 heteroatoms. The molecule has 0 aromatic rings. The summed E-state index contributed by atoms with van der Waals surface area (Å²) in [6.07, 6.45) is 9.18. The van der Waals surface area contributed by atoms with Crippen molar-refractivity contribution in [2.75, 3.05) is 26.2 Å². The fraction of sp³-hybridized carbons (Fsp3) is 1.00. The summed E-state index contributed by atoms with van der Waals surface area (Å²) in [5.41, 5.74) is 0. The number of nitrogens with one attached hydrogen (secondary N) is 1. The Hall–Kier alpha value is -0.120. The van der Waals surface area contributed by atoms with E-state index in [-0.39, 0.29) is 0 Å². The number of aliphatic hydroxyl groups is 1. The van der Waals surface area contributed by atoms with Gasteiger partial charge in [0.25, 0.3) is 0 Å². The Morgan fingerprint density at radius 1 is 1.22 bits per heavy atom. The molecule has 2 rings (SSSR count). The minimum absolute atomic E-state index is 0.311. The number of likely N-dealkylation sites (tertiary alicyclic amines) is 1. The summed E-state index contributed by atoms with van der Waals surface area (Å²) in [6.45, 7) is 6.14. The SMILES string of the molecule is CCCCC1CC(NCCCO)CN(C2CC2)C1. The van der Waals surface area contributed by atoms with E-state index in [2.05, 4.69) is 17.1 Å². The fourth-order valence-electron chi connectivity index (χ4n) is 3.21. The Labute approximate surface area is 112 Å². The maximum atomic E-state index is 8.86. The van der Waals surface area contributed by atoms with E-state index in [9.17, 15) is 0 Å². The Morgan fingerprint density at radius 3 is 2.72 bits per heavy atom. The third-order valence-corrected chi connectivity index (χ3v) is 4.36. The highest BCUT2D eigenvalue weighted by atomic mass is 16.3. The molecule has 1 saturated carbocycles. The molecule has 3 nitrogen and oxygen atoms in total. The molecule has 2 aliphatic rings. The van der Waals surface area contributed by atoms with E-state index in [1.54, 1.807) is 0 Å². The number of aliphatic hydroxyl groups excluding tert-OH is 1. The number of nitrogens with zero attached hydrogens (tertiary/aromatic N) is 1. The molecule has 2 atom stereocenters. The molecule has 2 N–H and O–H groups in total. The first kappa shape index (κ1) is 14.3. The quantitative estimate of drug-likeness (QED) is 0.650. The Bertz CT molecular complexity index is 231. The lowest BCUT2D eigenvalue weighted by Crippen LogP contribution is -2.50. The number of hydrogen-bond donors (Lipinski definition) is 2. The first-order valence-corrected chi connectivity index (χ1v) is 7.91. The molecule has 0 bridgehead atoms. The van der Waals surface area contributed by atoms with Gasteiger partial charge in [-0.2, -0.15) is 0 Å². The highest BCUT2D eigenvalue weighted by Crippen LogP contribution is 2.32. The van der Waals surface area contributed by atoms with Crippen molar-refractivity contribution >= 4 is 0 Å². The van der Waals surface area contributed by atoms with Crippen LogP contribution in [-0.4, -0.2) is 48.3 Å². The van der Waals surface area contributed by atoms with Crippen LogP contribution in [0.1, 0.15) is 51.9 Å². The van der Waals surface area contributed by atoms with Gasteiger partial charge in [0, 0.05) is 31.8 Å². The number of hydrogen-bond acceptors (Lipinski definition) is 3. The van der Waals surface area contributed by atoms with Crippen LogP contribution in [0.5, 0.6) is 0 Å². The molecule has 18 heavy (non-hydrogen) atoms. The minimum Gasteiger partial charge on any atom is -0.396 e.